The summed E-state index contributed by atoms with van der Waals surface area (Å²) >= 11 is 0. The van der Waals surface area contributed by atoms with Crippen molar-refractivity contribution in [3.05, 3.63) is 66.7 Å². The Morgan fingerprint density at radius 2 is 1.81 bits per heavy atom. The first-order chi connectivity index (χ1) is 15.3. The van der Waals surface area contributed by atoms with Gasteiger partial charge in [0.15, 0.2) is 11.6 Å². The Morgan fingerprint density at radius 3 is 2.53 bits per heavy atom. The first-order valence-electron chi connectivity index (χ1n) is 9.84. The first kappa shape index (κ1) is 21.5. The molecule has 32 heavy (non-hydrogen) atoms. The van der Waals surface area contributed by atoms with Crippen LogP contribution in [0.5, 0.6) is 5.75 Å². The van der Waals surface area contributed by atoms with Gasteiger partial charge in [0, 0.05) is 30.2 Å². The molecule has 1 aromatic carbocycles. The monoisotopic (exact) mass is 440 g/mol. The summed E-state index contributed by atoms with van der Waals surface area (Å²) < 4.78 is 44.0. The molecule has 0 N–H and O–H groups in total. The zero-order valence-electron chi connectivity index (χ0n) is 17.1. The number of alkyl halides is 3. The lowest BCUT2D eigenvalue weighted by Crippen LogP contribution is -2.12. The number of ketones is 1. The number of carbonyl (C=O) groups excluding carboxylic acids is 1. The molecule has 6 nitrogen and oxygen atoms in total. The molecular formula is C23H19F3N4O2. The summed E-state index contributed by atoms with van der Waals surface area (Å²) in [7, 11) is 1.55. The minimum atomic E-state index is -4.33. The van der Waals surface area contributed by atoms with Crippen LogP contribution in [-0.2, 0) is 11.2 Å². The molecule has 9 heteroatoms. The van der Waals surface area contributed by atoms with Crippen molar-refractivity contribution in [2.24, 2.45) is 0 Å². The number of hydrogen-bond donors (Lipinski definition) is 0. The van der Waals surface area contributed by atoms with E-state index in [1.807, 2.05) is 28.8 Å². The van der Waals surface area contributed by atoms with E-state index in [1.54, 1.807) is 43.9 Å². The van der Waals surface area contributed by atoms with Gasteiger partial charge in [-0.05, 0) is 23.8 Å². The van der Waals surface area contributed by atoms with Crippen LogP contribution in [-0.4, -0.2) is 38.4 Å². The van der Waals surface area contributed by atoms with E-state index in [4.69, 9.17) is 4.74 Å². The third kappa shape index (κ3) is 4.93. The number of halogens is 3. The molecule has 0 radical (unpaired) electrons. The second-order valence-electron chi connectivity index (χ2n) is 7.26. The number of aromatic nitrogens is 4. The lowest BCUT2D eigenvalue weighted by molar-refractivity contribution is -0.143. The lowest BCUT2D eigenvalue weighted by atomic mass is 10.0. The maximum Gasteiger partial charge on any atom is 0.389 e. The van der Waals surface area contributed by atoms with E-state index in [2.05, 4.69) is 15.0 Å². The predicted octanol–water partition coefficient (Wildman–Crippen LogP) is 4.92. The molecular weight excluding hydrogens is 421 g/mol. The molecule has 3 aromatic heterocycles. The van der Waals surface area contributed by atoms with E-state index in [-0.39, 0.29) is 6.42 Å². The summed E-state index contributed by atoms with van der Waals surface area (Å²) in [5, 5.41) is 0. The van der Waals surface area contributed by atoms with Gasteiger partial charge in [-0.15, -0.1) is 0 Å². The fraction of sp³-hybridized carbons (Fsp3) is 0.217. The predicted molar refractivity (Wildman–Crippen MR) is 112 cm³/mol. The van der Waals surface area contributed by atoms with Crippen LogP contribution in [0.25, 0.3) is 28.3 Å². The largest absolute Gasteiger partial charge is 0.494 e. The van der Waals surface area contributed by atoms with E-state index < -0.39 is 24.8 Å². The number of benzene rings is 1. The van der Waals surface area contributed by atoms with Crippen LogP contribution < -0.4 is 4.74 Å². The van der Waals surface area contributed by atoms with Gasteiger partial charge in [-0.2, -0.15) is 13.2 Å². The van der Waals surface area contributed by atoms with Crippen molar-refractivity contribution in [2.45, 2.75) is 25.4 Å². The molecule has 4 rings (SSSR count). The van der Waals surface area contributed by atoms with Gasteiger partial charge in [0.1, 0.15) is 11.4 Å². The van der Waals surface area contributed by atoms with E-state index in [1.165, 1.54) is 0 Å². The van der Waals surface area contributed by atoms with Gasteiger partial charge in [-0.3, -0.25) is 9.20 Å². The van der Waals surface area contributed by atoms with Crippen molar-refractivity contribution in [3.63, 3.8) is 0 Å². The van der Waals surface area contributed by atoms with Crippen LogP contribution >= 0.6 is 0 Å². The number of nitrogens with zero attached hydrogens (tertiary/aromatic N) is 4. The number of hydrogen-bond acceptors (Lipinski definition) is 5. The van der Waals surface area contributed by atoms with Crippen molar-refractivity contribution in [1.82, 2.24) is 19.4 Å². The molecule has 0 atom stereocenters. The van der Waals surface area contributed by atoms with Gasteiger partial charge >= 0.3 is 6.18 Å². The van der Waals surface area contributed by atoms with Crippen molar-refractivity contribution in [1.29, 1.82) is 0 Å². The summed E-state index contributed by atoms with van der Waals surface area (Å²) in [5.74, 6) is 0.661. The van der Waals surface area contributed by atoms with E-state index in [0.717, 1.165) is 16.8 Å². The van der Waals surface area contributed by atoms with Gasteiger partial charge in [-0.1, -0.05) is 18.2 Å². The number of fused-ring (bicyclic) bond motifs is 1. The van der Waals surface area contributed by atoms with Crippen molar-refractivity contribution in [2.75, 3.05) is 7.11 Å². The molecule has 0 aliphatic carbocycles. The van der Waals surface area contributed by atoms with E-state index in [9.17, 15) is 18.0 Å². The lowest BCUT2D eigenvalue weighted by Gasteiger charge is -2.08. The zero-order valence-corrected chi connectivity index (χ0v) is 17.1. The highest BCUT2D eigenvalue weighted by atomic mass is 19.4. The van der Waals surface area contributed by atoms with E-state index >= 15 is 0 Å². The Hall–Kier alpha value is -3.75. The van der Waals surface area contributed by atoms with Crippen LogP contribution in [0.15, 0.2) is 61.2 Å². The third-order valence-electron chi connectivity index (χ3n) is 4.95. The molecule has 0 aliphatic heterocycles. The summed E-state index contributed by atoms with van der Waals surface area (Å²) in [5.41, 5.74) is 3.75. The van der Waals surface area contributed by atoms with Gasteiger partial charge < -0.3 is 4.74 Å². The summed E-state index contributed by atoms with van der Waals surface area (Å²) in [6.07, 6.45) is 0.748. The molecule has 0 bridgehead atoms. The molecule has 0 amide bonds. The number of ether oxygens (including phenoxy) is 1. The van der Waals surface area contributed by atoms with Crippen LogP contribution in [0.1, 0.15) is 18.4 Å². The average Bonchev–Trinajstić information content (AvgIpc) is 3.21. The summed E-state index contributed by atoms with van der Waals surface area (Å²) in [6, 6.07) is 10.9. The van der Waals surface area contributed by atoms with Crippen LogP contribution in [0, 0.1) is 0 Å². The maximum atomic E-state index is 12.3. The molecule has 0 spiro atoms. The highest BCUT2D eigenvalue weighted by molar-refractivity contribution is 5.81. The van der Waals surface area contributed by atoms with Crippen molar-refractivity contribution in [3.8, 4) is 28.4 Å². The van der Waals surface area contributed by atoms with E-state index in [0.29, 0.717) is 22.8 Å². The minimum Gasteiger partial charge on any atom is -0.494 e. The Kier molecular flexibility index (Phi) is 5.89. The average molecular weight is 440 g/mol. The quantitative estimate of drug-likeness (QED) is 0.408. The van der Waals surface area contributed by atoms with Crippen LogP contribution in [0.3, 0.4) is 0 Å². The van der Waals surface area contributed by atoms with Gasteiger partial charge in [0.25, 0.3) is 0 Å². The minimum absolute atomic E-state index is 0.0421. The second-order valence-corrected chi connectivity index (χ2v) is 7.26. The fourth-order valence-corrected chi connectivity index (χ4v) is 3.34. The number of pyridine rings is 1. The Balaban J connectivity index is 1.56. The second kappa shape index (κ2) is 8.78. The molecule has 164 valence electrons. The van der Waals surface area contributed by atoms with Gasteiger partial charge in [-0.25, -0.2) is 15.0 Å². The zero-order chi connectivity index (χ0) is 22.7. The fourth-order valence-electron chi connectivity index (χ4n) is 3.34. The number of imidazole rings is 1. The molecule has 3 heterocycles. The Bertz CT molecular complexity index is 1250. The summed E-state index contributed by atoms with van der Waals surface area (Å²) in [6.45, 7) is 0. The molecule has 0 unspecified atom stereocenters. The van der Waals surface area contributed by atoms with Gasteiger partial charge in [0.05, 0.1) is 37.8 Å². The highest BCUT2D eigenvalue weighted by Gasteiger charge is 2.27. The first-order valence-corrected chi connectivity index (χ1v) is 9.84. The SMILES string of the molecule is COc1cnc(-c2ccn3c(-c4cccc(CC(=O)CCC(F)(F)F)c4)cnc3c2)nc1. The highest BCUT2D eigenvalue weighted by Crippen LogP contribution is 2.26. The molecule has 0 saturated carbocycles. The number of rotatable bonds is 7. The number of carbonyl (C=O) groups is 1. The maximum absolute atomic E-state index is 12.3. The standard InChI is InChI=1S/C23H19F3N4O2/c1-32-19-12-28-22(29-13-19)17-6-8-30-20(14-27-21(30)11-17)16-4-2-3-15(9-16)10-18(31)5-7-23(24,25)26/h2-4,6,8-9,11-14H,5,7,10H2,1H3. The Morgan fingerprint density at radius 1 is 1.03 bits per heavy atom. The third-order valence-corrected chi connectivity index (χ3v) is 4.95. The molecule has 0 aliphatic rings. The molecule has 0 fully saturated rings. The molecule has 0 saturated heterocycles. The van der Waals surface area contributed by atoms with Crippen LogP contribution in [0.4, 0.5) is 13.2 Å². The summed E-state index contributed by atoms with van der Waals surface area (Å²) in [4.78, 5) is 25.0. The van der Waals surface area contributed by atoms with Crippen LogP contribution in [0.2, 0.25) is 0 Å². The molecule has 4 aromatic rings. The smallest absolute Gasteiger partial charge is 0.389 e. The van der Waals surface area contributed by atoms with Crippen molar-refractivity contribution >= 4 is 11.4 Å². The normalized spacial score (nSPS) is 11.6. The Labute approximate surface area is 181 Å². The topological polar surface area (TPSA) is 69.4 Å². The number of Topliss-reactive ketones (excluding diaryl/α,β-unsaturated/α-hetero) is 1. The van der Waals surface area contributed by atoms with Gasteiger partial charge in [0.2, 0.25) is 0 Å². The number of methoxy groups -OCH3 is 1. The van der Waals surface area contributed by atoms with Crippen molar-refractivity contribution < 1.29 is 22.7 Å².